The first-order valence-corrected chi connectivity index (χ1v) is 9.68. The molecule has 2 heterocycles. The Balaban J connectivity index is 2.67. The molecule has 2 rings (SSSR count). The molecule has 6 N–H and O–H groups in total. The van der Waals surface area contributed by atoms with Gasteiger partial charge in [0.15, 0.2) is 19.8 Å². The Morgan fingerprint density at radius 2 is 2.00 bits per heavy atom. The van der Waals surface area contributed by atoms with Crippen LogP contribution < -0.4 is 10.5 Å². The van der Waals surface area contributed by atoms with Gasteiger partial charge in [0.2, 0.25) is 5.91 Å². The summed E-state index contributed by atoms with van der Waals surface area (Å²) in [6.45, 7) is 1.01. The van der Waals surface area contributed by atoms with Gasteiger partial charge in [-0.15, -0.1) is 11.3 Å². The van der Waals surface area contributed by atoms with Crippen LogP contribution in [-0.4, -0.2) is 43.8 Å². The van der Waals surface area contributed by atoms with Crippen molar-refractivity contribution in [1.29, 1.82) is 0 Å². The van der Waals surface area contributed by atoms with Crippen LogP contribution >= 0.6 is 11.3 Å². The number of nitrogens with one attached hydrogen (secondary N) is 1. The minimum absolute atomic E-state index is 0.0552. The van der Waals surface area contributed by atoms with Crippen LogP contribution in [0.4, 0.5) is 0 Å². The Labute approximate surface area is 125 Å². The second-order valence-electron chi connectivity index (χ2n) is 4.81. The Morgan fingerprint density at radius 3 is 2.48 bits per heavy atom. The molecular formula is C9H14N2O7S3. The van der Waals surface area contributed by atoms with Crippen molar-refractivity contribution < 1.29 is 32.2 Å². The molecule has 0 fully saturated rings. The molecular weight excluding hydrogens is 344 g/mol. The number of nitrogens with two attached hydrogens (primary N) is 1. The van der Waals surface area contributed by atoms with Gasteiger partial charge in [-0.05, 0) is 6.42 Å². The lowest BCUT2D eigenvalue weighted by molar-refractivity contribution is -0.176. The first-order valence-electron chi connectivity index (χ1n) is 5.66. The average Bonchev–Trinajstić information content (AvgIpc) is 2.60. The molecule has 0 amide bonds. The Morgan fingerprint density at radius 1 is 1.43 bits per heavy atom. The number of primary sulfonamides is 1. The number of thiophene rings is 1. The van der Waals surface area contributed by atoms with Gasteiger partial charge in [-0.3, -0.25) is 5.32 Å². The summed E-state index contributed by atoms with van der Waals surface area (Å²) < 4.78 is 45.8. The van der Waals surface area contributed by atoms with Gasteiger partial charge in [0.1, 0.15) is 4.21 Å². The number of aliphatic hydroxyl groups is 2. The third kappa shape index (κ3) is 3.21. The SMILES string of the molecule is CC(O)(O)NC1CCS(=O)(=O)c2sc(S(N)(=O)=O)c(O)c21. The molecule has 1 aromatic rings. The van der Waals surface area contributed by atoms with E-state index >= 15 is 0 Å². The molecule has 0 aromatic carbocycles. The summed E-state index contributed by atoms with van der Waals surface area (Å²) in [5, 5.41) is 36.0. The lowest BCUT2D eigenvalue weighted by Crippen LogP contribution is -2.45. The molecule has 1 aliphatic rings. The van der Waals surface area contributed by atoms with E-state index in [1.54, 1.807) is 0 Å². The highest BCUT2D eigenvalue weighted by Gasteiger charge is 2.40. The molecule has 1 aliphatic heterocycles. The van der Waals surface area contributed by atoms with Gasteiger partial charge in [-0.2, -0.15) is 0 Å². The number of aromatic hydroxyl groups is 1. The van der Waals surface area contributed by atoms with Crippen LogP contribution in [-0.2, 0) is 19.9 Å². The summed E-state index contributed by atoms with van der Waals surface area (Å²) in [6.07, 6.45) is -0.0552. The maximum atomic E-state index is 12.0. The number of sulfonamides is 1. The van der Waals surface area contributed by atoms with E-state index in [4.69, 9.17) is 5.14 Å². The van der Waals surface area contributed by atoms with Gasteiger partial charge in [0.05, 0.1) is 5.75 Å². The minimum atomic E-state index is -4.29. The first-order chi connectivity index (χ1) is 9.33. The van der Waals surface area contributed by atoms with E-state index < -0.39 is 41.8 Å². The van der Waals surface area contributed by atoms with E-state index in [-0.39, 0.29) is 21.9 Å². The topological polar surface area (TPSA) is 167 Å². The third-order valence-corrected chi connectivity index (χ3v) is 7.88. The van der Waals surface area contributed by atoms with Gasteiger partial charge in [-0.25, -0.2) is 22.0 Å². The van der Waals surface area contributed by atoms with Crippen LogP contribution in [0.3, 0.4) is 0 Å². The summed E-state index contributed by atoms with van der Waals surface area (Å²) in [5.74, 6) is -3.42. The number of hydrogen-bond donors (Lipinski definition) is 5. The van der Waals surface area contributed by atoms with Crippen molar-refractivity contribution in [3.63, 3.8) is 0 Å². The van der Waals surface area contributed by atoms with Crippen molar-refractivity contribution in [1.82, 2.24) is 5.32 Å². The van der Waals surface area contributed by atoms with Gasteiger partial charge in [0, 0.05) is 18.5 Å². The zero-order valence-electron chi connectivity index (χ0n) is 10.8. The van der Waals surface area contributed by atoms with E-state index in [1.807, 2.05) is 0 Å². The summed E-state index contributed by atoms with van der Waals surface area (Å²) in [5.41, 5.74) is -0.204. The van der Waals surface area contributed by atoms with Gasteiger partial charge < -0.3 is 15.3 Å². The van der Waals surface area contributed by atoms with E-state index in [2.05, 4.69) is 5.32 Å². The fourth-order valence-electron chi connectivity index (χ4n) is 2.11. The number of rotatable bonds is 3. The quantitative estimate of drug-likeness (QED) is 0.410. The number of fused-ring (bicyclic) bond motifs is 1. The van der Waals surface area contributed by atoms with Crippen molar-refractivity contribution in [3.8, 4) is 5.75 Å². The van der Waals surface area contributed by atoms with Crippen LogP contribution in [0.15, 0.2) is 8.42 Å². The summed E-state index contributed by atoms with van der Waals surface area (Å²) in [4.78, 5) is 0. The highest BCUT2D eigenvalue weighted by atomic mass is 32.3. The van der Waals surface area contributed by atoms with E-state index in [0.29, 0.717) is 11.3 Å². The monoisotopic (exact) mass is 358 g/mol. The largest absolute Gasteiger partial charge is 0.505 e. The standard InChI is InChI=1S/C9H14N2O7S3/c1-9(13,14)11-4-2-3-20(15,16)7-5(4)6(12)8(19-7)21(10,17)18/h4,11-14H,2-3H2,1H3,(H2,10,17,18). The third-order valence-electron chi connectivity index (χ3n) is 2.87. The highest BCUT2D eigenvalue weighted by molar-refractivity contribution is 7.95. The smallest absolute Gasteiger partial charge is 0.251 e. The molecule has 9 nitrogen and oxygen atoms in total. The zero-order chi connectivity index (χ0) is 16.2. The lowest BCUT2D eigenvalue weighted by atomic mass is 10.1. The first kappa shape index (κ1) is 16.6. The van der Waals surface area contributed by atoms with E-state index in [9.17, 15) is 32.2 Å². The predicted molar refractivity (Wildman–Crippen MR) is 72.7 cm³/mol. The van der Waals surface area contributed by atoms with E-state index in [0.717, 1.165) is 6.92 Å². The van der Waals surface area contributed by atoms with Crippen molar-refractivity contribution >= 4 is 31.2 Å². The average molecular weight is 358 g/mol. The molecule has 0 radical (unpaired) electrons. The summed E-state index contributed by atoms with van der Waals surface area (Å²) >= 11 is 0.351. The summed E-state index contributed by atoms with van der Waals surface area (Å²) in [6, 6.07) is -0.935. The van der Waals surface area contributed by atoms with Crippen LogP contribution in [0.5, 0.6) is 5.75 Å². The van der Waals surface area contributed by atoms with Crippen molar-refractivity contribution in [2.75, 3.05) is 5.75 Å². The minimum Gasteiger partial charge on any atom is -0.505 e. The van der Waals surface area contributed by atoms with Gasteiger partial charge >= 0.3 is 0 Å². The zero-order valence-corrected chi connectivity index (χ0v) is 13.2. The Kier molecular flexibility index (Phi) is 3.85. The van der Waals surface area contributed by atoms with Crippen molar-refractivity contribution in [2.45, 2.75) is 33.7 Å². The maximum Gasteiger partial charge on any atom is 0.251 e. The molecule has 0 spiro atoms. The molecule has 1 unspecified atom stereocenters. The van der Waals surface area contributed by atoms with Crippen LogP contribution in [0.2, 0.25) is 0 Å². The Hall–Kier alpha value is -0.760. The van der Waals surface area contributed by atoms with Gasteiger partial charge in [0.25, 0.3) is 10.0 Å². The molecule has 12 heteroatoms. The second kappa shape index (κ2) is 4.87. The van der Waals surface area contributed by atoms with Crippen LogP contribution in [0, 0.1) is 0 Å². The highest BCUT2D eigenvalue weighted by Crippen LogP contribution is 2.47. The molecule has 0 aliphatic carbocycles. The molecule has 0 saturated heterocycles. The fourth-order valence-corrected chi connectivity index (χ4v) is 6.40. The molecule has 120 valence electrons. The van der Waals surface area contributed by atoms with E-state index in [1.165, 1.54) is 0 Å². The maximum absolute atomic E-state index is 12.0. The Bertz CT molecular complexity index is 773. The van der Waals surface area contributed by atoms with Crippen LogP contribution in [0.25, 0.3) is 0 Å². The fraction of sp³-hybridized carbons (Fsp3) is 0.556. The molecule has 21 heavy (non-hydrogen) atoms. The predicted octanol–water partition coefficient (Wildman–Crippen LogP) is -1.43. The molecule has 0 saturated carbocycles. The van der Waals surface area contributed by atoms with Crippen LogP contribution in [0.1, 0.15) is 24.9 Å². The lowest BCUT2D eigenvalue weighted by Gasteiger charge is -2.29. The number of hydrogen-bond acceptors (Lipinski definition) is 9. The van der Waals surface area contributed by atoms with Crippen molar-refractivity contribution in [3.05, 3.63) is 5.56 Å². The van der Waals surface area contributed by atoms with Crippen molar-refractivity contribution in [2.24, 2.45) is 5.14 Å². The second-order valence-corrected chi connectivity index (χ2v) is 9.89. The normalized spacial score (nSPS) is 22.0. The summed E-state index contributed by atoms with van der Waals surface area (Å²) in [7, 11) is -8.05. The van der Waals surface area contributed by atoms with Gasteiger partial charge in [-0.1, -0.05) is 0 Å². The molecule has 1 atom stereocenters. The molecule has 1 aromatic heterocycles. The molecule has 0 bridgehead atoms. The number of sulfone groups is 1.